The van der Waals surface area contributed by atoms with Crippen molar-refractivity contribution < 1.29 is 23.6 Å². The molecule has 134 valence electrons. The predicted molar refractivity (Wildman–Crippen MR) is 86.0 cm³/mol. The lowest BCUT2D eigenvalue weighted by Gasteiger charge is -2.20. The number of nitro groups is 1. The first-order valence-electron chi connectivity index (χ1n) is 7.45. The van der Waals surface area contributed by atoms with Gasteiger partial charge in [0.25, 0.3) is 0 Å². The summed E-state index contributed by atoms with van der Waals surface area (Å²) in [5.41, 5.74) is 0. The van der Waals surface area contributed by atoms with Crippen LogP contribution < -0.4 is 4.74 Å². The lowest BCUT2D eigenvalue weighted by atomic mass is 10.4. The lowest BCUT2D eigenvalue weighted by Crippen LogP contribution is -2.35. The number of nitrogens with zero attached hydrogens (tertiary/aromatic N) is 4. The highest BCUT2D eigenvalue weighted by Crippen LogP contribution is 2.23. The van der Waals surface area contributed by atoms with Gasteiger partial charge in [-0.05, 0) is 6.07 Å². The fourth-order valence-electron chi connectivity index (χ4n) is 1.97. The molecule has 0 atom stereocenters. The van der Waals surface area contributed by atoms with Gasteiger partial charge < -0.3 is 18.8 Å². The van der Waals surface area contributed by atoms with Crippen LogP contribution in [0.3, 0.4) is 0 Å². The monoisotopic (exact) mass is 350 g/mol. The molecule has 0 spiro atoms. The number of methoxy groups -OCH3 is 1. The Balaban J connectivity index is 1.89. The predicted octanol–water partition coefficient (Wildman–Crippen LogP) is 1.52. The second-order valence-electron chi connectivity index (χ2n) is 4.98. The standard InChI is InChI=1S/C15H18N4O6/c1-11(20)18(5-7-23-2)6-8-24-12-9-16-15(17-10-12)13-3-4-14(25-13)19(21)22/h3-4,9-10H,5-8H2,1-2H3. The Morgan fingerprint density at radius 3 is 2.52 bits per heavy atom. The van der Waals surface area contributed by atoms with Gasteiger partial charge in [-0.3, -0.25) is 14.9 Å². The molecule has 10 nitrogen and oxygen atoms in total. The summed E-state index contributed by atoms with van der Waals surface area (Å²) in [6.07, 6.45) is 2.87. The van der Waals surface area contributed by atoms with E-state index in [4.69, 9.17) is 13.9 Å². The molecule has 2 aromatic heterocycles. The maximum atomic E-state index is 11.5. The van der Waals surface area contributed by atoms with Gasteiger partial charge in [0.15, 0.2) is 17.3 Å². The average Bonchev–Trinajstić information content (AvgIpc) is 3.08. The van der Waals surface area contributed by atoms with Crippen molar-refractivity contribution in [3.8, 4) is 17.3 Å². The normalized spacial score (nSPS) is 10.5. The zero-order chi connectivity index (χ0) is 18.2. The molecular weight excluding hydrogens is 332 g/mol. The topological polar surface area (TPSA) is 121 Å². The summed E-state index contributed by atoms with van der Waals surface area (Å²) in [6.45, 7) is 3.10. The molecule has 0 bridgehead atoms. The van der Waals surface area contributed by atoms with E-state index in [9.17, 15) is 14.9 Å². The summed E-state index contributed by atoms with van der Waals surface area (Å²) in [7, 11) is 1.57. The molecule has 0 saturated carbocycles. The van der Waals surface area contributed by atoms with Crippen LogP contribution in [0.5, 0.6) is 5.75 Å². The van der Waals surface area contributed by atoms with E-state index in [-0.39, 0.29) is 30.0 Å². The second-order valence-corrected chi connectivity index (χ2v) is 4.98. The lowest BCUT2D eigenvalue weighted by molar-refractivity contribution is -0.401. The number of furan rings is 1. The Labute approximate surface area is 143 Å². The van der Waals surface area contributed by atoms with Gasteiger partial charge in [-0.1, -0.05) is 0 Å². The SMILES string of the molecule is COCCN(CCOc1cnc(-c2ccc([N+](=O)[O-])o2)nc1)C(C)=O. The van der Waals surface area contributed by atoms with Crippen LogP contribution in [-0.2, 0) is 9.53 Å². The van der Waals surface area contributed by atoms with Gasteiger partial charge in [0.2, 0.25) is 5.91 Å². The van der Waals surface area contributed by atoms with Gasteiger partial charge in [-0.25, -0.2) is 9.97 Å². The van der Waals surface area contributed by atoms with E-state index >= 15 is 0 Å². The molecule has 10 heteroatoms. The molecule has 1 amide bonds. The van der Waals surface area contributed by atoms with E-state index in [1.165, 1.54) is 31.5 Å². The van der Waals surface area contributed by atoms with E-state index in [0.29, 0.717) is 25.4 Å². The molecule has 0 aliphatic carbocycles. The van der Waals surface area contributed by atoms with Crippen LogP contribution >= 0.6 is 0 Å². The quantitative estimate of drug-likeness (QED) is 0.493. The number of rotatable bonds is 9. The van der Waals surface area contributed by atoms with Crippen molar-refractivity contribution in [3.63, 3.8) is 0 Å². The summed E-state index contributed by atoms with van der Waals surface area (Å²) in [4.78, 5) is 31.2. The molecule has 2 rings (SSSR count). The fourth-order valence-corrected chi connectivity index (χ4v) is 1.97. The second kappa shape index (κ2) is 8.73. The molecule has 0 saturated heterocycles. The first-order valence-corrected chi connectivity index (χ1v) is 7.45. The minimum absolute atomic E-state index is 0.0633. The highest BCUT2D eigenvalue weighted by molar-refractivity contribution is 5.73. The van der Waals surface area contributed by atoms with Gasteiger partial charge in [0.05, 0.1) is 31.6 Å². The number of carbonyl (C=O) groups is 1. The number of ether oxygens (including phenoxy) is 2. The summed E-state index contributed by atoms with van der Waals surface area (Å²) in [6, 6.07) is 2.66. The molecule has 2 heterocycles. The van der Waals surface area contributed by atoms with E-state index in [2.05, 4.69) is 9.97 Å². The number of aromatic nitrogens is 2. The summed E-state index contributed by atoms with van der Waals surface area (Å²) in [5.74, 6) is 0.387. The molecular formula is C15H18N4O6. The first kappa shape index (κ1) is 18.3. The largest absolute Gasteiger partial charge is 0.489 e. The Morgan fingerprint density at radius 1 is 1.28 bits per heavy atom. The summed E-state index contributed by atoms with van der Waals surface area (Å²) < 4.78 is 15.5. The highest BCUT2D eigenvalue weighted by atomic mass is 16.6. The van der Waals surface area contributed by atoms with E-state index in [0.717, 1.165) is 0 Å². The number of hydrogen-bond acceptors (Lipinski definition) is 8. The molecule has 0 unspecified atom stereocenters. The minimum Gasteiger partial charge on any atom is -0.489 e. The Bertz CT molecular complexity index is 715. The van der Waals surface area contributed by atoms with Crippen LogP contribution in [0, 0.1) is 10.1 Å². The number of carbonyl (C=O) groups excluding carboxylic acids is 1. The van der Waals surface area contributed by atoms with Crippen LogP contribution in [0.1, 0.15) is 6.92 Å². The van der Waals surface area contributed by atoms with Crippen LogP contribution in [-0.4, -0.2) is 59.1 Å². The van der Waals surface area contributed by atoms with Crippen LogP contribution in [0.4, 0.5) is 5.88 Å². The van der Waals surface area contributed by atoms with Crippen LogP contribution in [0.2, 0.25) is 0 Å². The van der Waals surface area contributed by atoms with Gasteiger partial charge in [0, 0.05) is 20.6 Å². The van der Waals surface area contributed by atoms with Crippen molar-refractivity contribution in [3.05, 3.63) is 34.6 Å². The van der Waals surface area contributed by atoms with Crippen molar-refractivity contribution >= 4 is 11.8 Å². The van der Waals surface area contributed by atoms with Crippen molar-refractivity contribution in [2.45, 2.75) is 6.92 Å². The fraction of sp³-hybridized carbons (Fsp3) is 0.400. The zero-order valence-corrected chi connectivity index (χ0v) is 13.9. The Hall–Kier alpha value is -3.01. The molecule has 0 radical (unpaired) electrons. The molecule has 0 N–H and O–H groups in total. The van der Waals surface area contributed by atoms with Gasteiger partial charge >= 0.3 is 5.88 Å². The summed E-state index contributed by atoms with van der Waals surface area (Å²) in [5, 5.41) is 10.6. The van der Waals surface area contributed by atoms with Crippen molar-refractivity contribution in [2.24, 2.45) is 0 Å². The van der Waals surface area contributed by atoms with E-state index in [1.807, 2.05) is 0 Å². The molecule has 2 aromatic rings. The first-order chi connectivity index (χ1) is 12.0. The molecule has 0 aliphatic rings. The third kappa shape index (κ3) is 5.24. The third-order valence-electron chi connectivity index (χ3n) is 3.26. The van der Waals surface area contributed by atoms with Gasteiger partial charge in [-0.15, -0.1) is 0 Å². The highest BCUT2D eigenvalue weighted by Gasteiger charge is 2.15. The molecule has 0 fully saturated rings. The van der Waals surface area contributed by atoms with Crippen LogP contribution in [0.25, 0.3) is 11.6 Å². The Morgan fingerprint density at radius 2 is 1.96 bits per heavy atom. The van der Waals surface area contributed by atoms with Crippen molar-refractivity contribution in [1.82, 2.24) is 14.9 Å². The molecule has 0 aromatic carbocycles. The molecule has 25 heavy (non-hydrogen) atoms. The van der Waals surface area contributed by atoms with Crippen LogP contribution in [0.15, 0.2) is 28.9 Å². The van der Waals surface area contributed by atoms with Crippen molar-refractivity contribution in [2.75, 3.05) is 33.4 Å². The molecule has 0 aliphatic heterocycles. The van der Waals surface area contributed by atoms with Gasteiger partial charge in [0.1, 0.15) is 11.5 Å². The number of amides is 1. The maximum Gasteiger partial charge on any atom is 0.433 e. The zero-order valence-electron chi connectivity index (χ0n) is 13.9. The van der Waals surface area contributed by atoms with E-state index in [1.54, 1.807) is 12.0 Å². The Kier molecular flexibility index (Phi) is 6.40. The maximum absolute atomic E-state index is 11.5. The summed E-state index contributed by atoms with van der Waals surface area (Å²) >= 11 is 0. The van der Waals surface area contributed by atoms with Gasteiger partial charge in [-0.2, -0.15) is 0 Å². The van der Waals surface area contributed by atoms with E-state index < -0.39 is 4.92 Å². The third-order valence-corrected chi connectivity index (χ3v) is 3.26. The van der Waals surface area contributed by atoms with Crippen molar-refractivity contribution in [1.29, 1.82) is 0 Å². The number of hydrogen-bond donors (Lipinski definition) is 0. The smallest absolute Gasteiger partial charge is 0.433 e. The minimum atomic E-state index is -0.634. The average molecular weight is 350 g/mol.